The molecular formula is C27H41NO3S. The van der Waals surface area contributed by atoms with Crippen molar-refractivity contribution in [2.75, 3.05) is 40.0 Å². The van der Waals surface area contributed by atoms with Crippen molar-refractivity contribution < 1.29 is 14.3 Å². The van der Waals surface area contributed by atoms with Crippen molar-refractivity contribution >= 4 is 22.9 Å². The molecule has 0 radical (unpaired) electrons. The van der Waals surface area contributed by atoms with Gasteiger partial charge in [-0.25, -0.2) is 4.79 Å². The van der Waals surface area contributed by atoms with Crippen molar-refractivity contribution in [2.24, 2.45) is 17.8 Å². The summed E-state index contributed by atoms with van der Waals surface area (Å²) in [5.74, 6) is 1.96. The van der Waals surface area contributed by atoms with E-state index in [1.165, 1.54) is 49.7 Å². The first-order valence-electron chi connectivity index (χ1n) is 12.5. The Morgan fingerprint density at radius 1 is 1.22 bits per heavy atom. The molecule has 1 saturated heterocycles. The molecule has 1 aliphatic carbocycles. The van der Waals surface area contributed by atoms with Gasteiger partial charge in [0.25, 0.3) is 0 Å². The summed E-state index contributed by atoms with van der Waals surface area (Å²) in [7, 11) is 1.51. The number of hydrogen-bond acceptors (Lipinski definition) is 5. The van der Waals surface area contributed by atoms with Crippen molar-refractivity contribution in [1.29, 1.82) is 0 Å². The van der Waals surface area contributed by atoms with Gasteiger partial charge in [0.15, 0.2) is 0 Å². The molecule has 1 saturated carbocycles. The minimum atomic E-state index is -0.189. The number of nitrogens with zero attached hydrogens (tertiary/aromatic N) is 1. The number of esters is 1. The molecule has 0 amide bonds. The zero-order valence-electron chi connectivity index (χ0n) is 20.7. The van der Waals surface area contributed by atoms with Crippen LogP contribution in [0.4, 0.5) is 0 Å². The molecule has 1 aromatic heterocycles. The molecule has 2 aliphatic heterocycles. The second-order valence-electron chi connectivity index (χ2n) is 11.3. The average Bonchev–Trinajstić information content (AvgIpc) is 3.44. The fourth-order valence-corrected chi connectivity index (χ4v) is 6.79. The van der Waals surface area contributed by atoms with Crippen LogP contribution in [0, 0.1) is 17.8 Å². The Morgan fingerprint density at radius 3 is 2.59 bits per heavy atom. The number of methoxy groups -OCH3 is 1. The molecule has 32 heavy (non-hydrogen) atoms. The highest BCUT2D eigenvalue weighted by Gasteiger charge is 2.33. The Bertz CT molecular complexity index is 836. The van der Waals surface area contributed by atoms with Crippen LogP contribution in [0.3, 0.4) is 0 Å². The van der Waals surface area contributed by atoms with Crippen molar-refractivity contribution in [1.82, 2.24) is 4.90 Å². The summed E-state index contributed by atoms with van der Waals surface area (Å²) in [5.41, 5.74) is 4.20. The maximum atomic E-state index is 12.8. The predicted octanol–water partition coefficient (Wildman–Crippen LogP) is 6.15. The van der Waals surface area contributed by atoms with Crippen LogP contribution in [0.5, 0.6) is 0 Å². The largest absolute Gasteiger partial charge is 0.465 e. The average molecular weight is 460 g/mol. The van der Waals surface area contributed by atoms with Crippen LogP contribution < -0.4 is 0 Å². The van der Waals surface area contributed by atoms with Crippen LogP contribution in [-0.4, -0.2) is 50.8 Å². The lowest BCUT2D eigenvalue weighted by Gasteiger charge is -2.37. The summed E-state index contributed by atoms with van der Waals surface area (Å²) in [6, 6.07) is 2.31. The van der Waals surface area contributed by atoms with Crippen LogP contribution in [0.2, 0.25) is 0 Å². The van der Waals surface area contributed by atoms with E-state index in [9.17, 15) is 4.79 Å². The third-order valence-electron chi connectivity index (χ3n) is 7.68. The third-order valence-corrected chi connectivity index (χ3v) is 9.22. The van der Waals surface area contributed by atoms with E-state index in [1.807, 2.05) is 0 Å². The zero-order chi connectivity index (χ0) is 22.9. The van der Waals surface area contributed by atoms with Crippen molar-refractivity contribution in [3.63, 3.8) is 0 Å². The predicted molar refractivity (Wildman–Crippen MR) is 132 cm³/mol. The number of hydrogen-bond donors (Lipinski definition) is 0. The second kappa shape index (κ2) is 9.99. The SMILES string of the molecule is COC(=O)c1sc(C(C)(C)C)cc1C1=C(C2CCC(C)CC2)CCN(CC2CCOC2)C1. The summed E-state index contributed by atoms with van der Waals surface area (Å²) in [6.45, 7) is 14.1. The van der Waals surface area contributed by atoms with Crippen molar-refractivity contribution in [3.8, 4) is 0 Å². The lowest BCUT2D eigenvalue weighted by atomic mass is 9.75. The van der Waals surface area contributed by atoms with E-state index in [2.05, 4.69) is 38.7 Å². The van der Waals surface area contributed by atoms with E-state index in [1.54, 1.807) is 16.9 Å². The lowest BCUT2D eigenvalue weighted by Crippen LogP contribution is -2.37. The number of thiophene rings is 1. The molecule has 0 N–H and O–H groups in total. The minimum Gasteiger partial charge on any atom is -0.465 e. The minimum absolute atomic E-state index is 0.0161. The van der Waals surface area contributed by atoms with E-state index in [0.717, 1.165) is 55.6 Å². The second-order valence-corrected chi connectivity index (χ2v) is 12.3. The monoisotopic (exact) mass is 459 g/mol. The summed E-state index contributed by atoms with van der Waals surface area (Å²) in [4.78, 5) is 17.5. The van der Waals surface area contributed by atoms with Crippen LogP contribution in [0.1, 0.15) is 86.3 Å². The molecule has 4 rings (SSSR count). The van der Waals surface area contributed by atoms with E-state index in [4.69, 9.17) is 9.47 Å². The Kier molecular flexibility index (Phi) is 7.48. The molecule has 1 atom stereocenters. The number of ether oxygens (including phenoxy) is 2. The van der Waals surface area contributed by atoms with Crippen LogP contribution in [-0.2, 0) is 14.9 Å². The summed E-state index contributed by atoms with van der Waals surface area (Å²) >= 11 is 1.63. The molecule has 5 heteroatoms. The fourth-order valence-electron chi connectivity index (χ4n) is 5.63. The number of rotatable bonds is 5. The highest BCUT2D eigenvalue weighted by molar-refractivity contribution is 7.14. The molecule has 4 nitrogen and oxygen atoms in total. The third kappa shape index (κ3) is 5.31. The van der Waals surface area contributed by atoms with Gasteiger partial charge in [-0.05, 0) is 60.5 Å². The molecule has 0 aromatic carbocycles. The van der Waals surface area contributed by atoms with Gasteiger partial charge in [-0.15, -0.1) is 11.3 Å². The Balaban J connectivity index is 1.72. The molecule has 3 aliphatic rings. The zero-order valence-corrected chi connectivity index (χ0v) is 21.5. The molecule has 0 bridgehead atoms. The van der Waals surface area contributed by atoms with Gasteiger partial charge in [0, 0.05) is 36.7 Å². The molecular weight excluding hydrogens is 418 g/mol. The number of carbonyl (C=O) groups excluding carboxylic acids is 1. The van der Waals surface area contributed by atoms with Crippen molar-refractivity contribution in [2.45, 2.75) is 71.6 Å². The van der Waals surface area contributed by atoms with E-state index >= 15 is 0 Å². The summed E-state index contributed by atoms with van der Waals surface area (Å²) in [6.07, 6.45) is 7.53. The molecule has 1 unspecified atom stereocenters. The normalized spacial score (nSPS) is 27.7. The highest BCUT2D eigenvalue weighted by atomic mass is 32.1. The van der Waals surface area contributed by atoms with E-state index in [0.29, 0.717) is 11.8 Å². The van der Waals surface area contributed by atoms with Crippen LogP contribution >= 0.6 is 11.3 Å². The van der Waals surface area contributed by atoms with Gasteiger partial charge < -0.3 is 9.47 Å². The quantitative estimate of drug-likeness (QED) is 0.495. The van der Waals surface area contributed by atoms with Crippen molar-refractivity contribution in [3.05, 3.63) is 27.0 Å². The van der Waals surface area contributed by atoms with Gasteiger partial charge in [-0.2, -0.15) is 0 Å². The van der Waals surface area contributed by atoms with Crippen LogP contribution in [0.25, 0.3) is 5.57 Å². The topological polar surface area (TPSA) is 38.8 Å². The standard InChI is InChI=1S/C27H41NO3S/c1-18-6-8-20(9-7-18)21-10-12-28(15-19-11-13-31-17-19)16-23(21)22-14-24(27(2,3)4)32-25(22)26(29)30-5/h14,18-20H,6-13,15-17H2,1-5H3. The molecule has 0 spiro atoms. The first-order chi connectivity index (χ1) is 15.3. The first-order valence-corrected chi connectivity index (χ1v) is 13.3. The van der Waals surface area contributed by atoms with Gasteiger partial charge >= 0.3 is 5.97 Å². The van der Waals surface area contributed by atoms with Gasteiger partial charge in [0.1, 0.15) is 4.88 Å². The lowest BCUT2D eigenvalue weighted by molar-refractivity contribution is 0.0606. The maximum Gasteiger partial charge on any atom is 0.348 e. The maximum absolute atomic E-state index is 12.8. The van der Waals surface area contributed by atoms with E-state index in [-0.39, 0.29) is 11.4 Å². The van der Waals surface area contributed by atoms with Gasteiger partial charge in [-0.3, -0.25) is 4.90 Å². The van der Waals surface area contributed by atoms with Crippen LogP contribution in [0.15, 0.2) is 11.6 Å². The summed E-state index contributed by atoms with van der Waals surface area (Å²) in [5, 5.41) is 0. The smallest absolute Gasteiger partial charge is 0.348 e. The molecule has 1 aromatic rings. The van der Waals surface area contributed by atoms with Gasteiger partial charge in [-0.1, -0.05) is 46.1 Å². The first kappa shape index (κ1) is 24.0. The molecule has 2 fully saturated rings. The fraction of sp³-hybridized carbons (Fsp3) is 0.741. The Hall–Kier alpha value is -1.17. The Morgan fingerprint density at radius 2 is 1.97 bits per heavy atom. The summed E-state index contributed by atoms with van der Waals surface area (Å²) < 4.78 is 10.9. The highest BCUT2D eigenvalue weighted by Crippen LogP contribution is 2.44. The van der Waals surface area contributed by atoms with Gasteiger partial charge in [0.05, 0.1) is 13.7 Å². The van der Waals surface area contributed by atoms with Gasteiger partial charge in [0.2, 0.25) is 0 Å². The molecule has 178 valence electrons. The molecule has 3 heterocycles. The number of carbonyl (C=O) groups is 1. The Labute approximate surface area is 198 Å². The van der Waals surface area contributed by atoms with E-state index < -0.39 is 0 Å².